The molecule has 0 saturated carbocycles. The standard InChI is InChI=1S/C22H20N2O2/c1-15(20-12-7-13-26-20)24-21(16-8-3-2-4-9-16)22(25)18-14-23-19-11-6-5-10-17(18)19/h2-15,21,23-24H,1H3/p+1/t15-,21+/m0/s1. The van der Waals surface area contributed by atoms with E-state index in [1.54, 1.807) is 6.26 Å². The van der Waals surface area contributed by atoms with Crippen LogP contribution in [-0.4, -0.2) is 10.8 Å². The molecule has 2 atom stereocenters. The van der Waals surface area contributed by atoms with E-state index in [0.29, 0.717) is 0 Å². The molecule has 130 valence electrons. The van der Waals surface area contributed by atoms with E-state index in [4.69, 9.17) is 4.42 Å². The molecule has 2 aromatic carbocycles. The maximum Gasteiger partial charge on any atom is 0.226 e. The van der Waals surface area contributed by atoms with Crippen molar-refractivity contribution in [3.8, 4) is 0 Å². The largest absolute Gasteiger partial charge is 0.463 e. The summed E-state index contributed by atoms with van der Waals surface area (Å²) in [4.78, 5) is 16.6. The Morgan fingerprint density at radius 1 is 1.00 bits per heavy atom. The third-order valence-electron chi connectivity index (χ3n) is 4.77. The van der Waals surface area contributed by atoms with E-state index in [1.165, 1.54) is 0 Å². The predicted molar refractivity (Wildman–Crippen MR) is 101 cm³/mol. The minimum absolute atomic E-state index is 0.0318. The second-order valence-corrected chi connectivity index (χ2v) is 6.50. The fourth-order valence-electron chi connectivity index (χ4n) is 3.39. The van der Waals surface area contributed by atoms with E-state index in [2.05, 4.69) is 17.2 Å². The van der Waals surface area contributed by atoms with Crippen molar-refractivity contribution in [3.63, 3.8) is 0 Å². The summed E-state index contributed by atoms with van der Waals surface area (Å²) in [6.45, 7) is 2.05. The van der Waals surface area contributed by atoms with E-state index in [-0.39, 0.29) is 17.9 Å². The Kier molecular flexibility index (Phi) is 4.42. The molecule has 0 aliphatic carbocycles. The molecule has 0 unspecified atom stereocenters. The van der Waals surface area contributed by atoms with Gasteiger partial charge in [0.15, 0.2) is 11.8 Å². The van der Waals surface area contributed by atoms with Crippen molar-refractivity contribution < 1.29 is 14.5 Å². The lowest BCUT2D eigenvalue weighted by atomic mass is 9.96. The normalized spacial score (nSPS) is 13.6. The Morgan fingerprint density at radius 2 is 1.77 bits per heavy atom. The molecule has 4 heteroatoms. The first-order chi connectivity index (χ1) is 12.7. The van der Waals surface area contributed by atoms with Crippen molar-refractivity contribution in [1.29, 1.82) is 0 Å². The third-order valence-corrected chi connectivity index (χ3v) is 4.77. The summed E-state index contributed by atoms with van der Waals surface area (Å²) >= 11 is 0. The molecule has 4 rings (SSSR count). The maximum absolute atomic E-state index is 13.4. The highest BCUT2D eigenvalue weighted by Gasteiger charge is 2.30. The summed E-state index contributed by atoms with van der Waals surface area (Å²) in [6, 6.07) is 21.3. The van der Waals surface area contributed by atoms with Crippen LogP contribution in [-0.2, 0) is 0 Å². The zero-order valence-corrected chi connectivity index (χ0v) is 14.6. The van der Waals surface area contributed by atoms with Gasteiger partial charge < -0.3 is 14.7 Å². The fraction of sp³-hybridized carbons (Fsp3) is 0.136. The molecule has 3 N–H and O–H groups in total. The van der Waals surface area contributed by atoms with Crippen LogP contribution in [0, 0.1) is 0 Å². The number of nitrogens with two attached hydrogens (primary N) is 1. The number of quaternary nitrogens is 1. The number of para-hydroxylation sites is 1. The first kappa shape index (κ1) is 16.4. The minimum Gasteiger partial charge on any atom is -0.463 e. The number of benzene rings is 2. The number of aromatic amines is 1. The maximum atomic E-state index is 13.4. The second-order valence-electron chi connectivity index (χ2n) is 6.50. The minimum atomic E-state index is -0.337. The molecule has 0 fully saturated rings. The van der Waals surface area contributed by atoms with Gasteiger partial charge in [0, 0.05) is 28.2 Å². The summed E-state index contributed by atoms with van der Waals surface area (Å²) in [5.74, 6) is 0.949. The third kappa shape index (κ3) is 3.07. The van der Waals surface area contributed by atoms with Crippen LogP contribution in [0.1, 0.15) is 40.7 Å². The molecule has 0 spiro atoms. The van der Waals surface area contributed by atoms with Crippen LogP contribution in [0.2, 0.25) is 0 Å². The molecule has 0 amide bonds. The van der Waals surface area contributed by atoms with Crippen molar-refractivity contribution >= 4 is 16.7 Å². The molecular weight excluding hydrogens is 324 g/mol. The number of hydrogen-bond donors (Lipinski definition) is 2. The Balaban J connectivity index is 1.71. The average Bonchev–Trinajstić information content (AvgIpc) is 3.36. The van der Waals surface area contributed by atoms with Gasteiger partial charge in [0.05, 0.1) is 6.26 Å². The van der Waals surface area contributed by atoms with Gasteiger partial charge in [-0.05, 0) is 25.1 Å². The Hall–Kier alpha value is -3.11. The molecular formula is C22H21N2O2+. The second kappa shape index (κ2) is 7.02. The Morgan fingerprint density at radius 3 is 2.54 bits per heavy atom. The van der Waals surface area contributed by atoms with Gasteiger partial charge in [0.25, 0.3) is 0 Å². The van der Waals surface area contributed by atoms with E-state index in [0.717, 1.165) is 27.8 Å². The molecule has 0 saturated heterocycles. The van der Waals surface area contributed by atoms with Crippen LogP contribution in [0.3, 0.4) is 0 Å². The average molecular weight is 345 g/mol. The molecule has 2 heterocycles. The van der Waals surface area contributed by atoms with Gasteiger partial charge in [0.2, 0.25) is 5.78 Å². The number of ketones is 1. The van der Waals surface area contributed by atoms with Gasteiger partial charge in [-0.15, -0.1) is 0 Å². The van der Waals surface area contributed by atoms with Gasteiger partial charge >= 0.3 is 0 Å². The van der Waals surface area contributed by atoms with Gasteiger partial charge in [0.1, 0.15) is 6.04 Å². The highest BCUT2D eigenvalue weighted by atomic mass is 16.3. The molecule has 0 bridgehead atoms. The number of carbonyl (C=O) groups excluding carboxylic acids is 1. The number of nitrogens with one attached hydrogen (secondary N) is 1. The van der Waals surface area contributed by atoms with Crippen LogP contribution in [0.5, 0.6) is 0 Å². The highest BCUT2D eigenvalue weighted by molar-refractivity contribution is 6.09. The molecule has 4 nitrogen and oxygen atoms in total. The summed E-state index contributed by atoms with van der Waals surface area (Å²) < 4.78 is 5.52. The van der Waals surface area contributed by atoms with Crippen LogP contribution in [0.25, 0.3) is 10.9 Å². The number of carbonyl (C=O) groups is 1. The number of aromatic nitrogens is 1. The zero-order valence-electron chi connectivity index (χ0n) is 14.6. The summed E-state index contributed by atoms with van der Waals surface area (Å²) in [6.07, 6.45) is 3.48. The van der Waals surface area contributed by atoms with Crippen molar-refractivity contribution in [1.82, 2.24) is 4.98 Å². The van der Waals surface area contributed by atoms with Crippen LogP contribution in [0.4, 0.5) is 0 Å². The van der Waals surface area contributed by atoms with E-state index in [9.17, 15) is 4.79 Å². The summed E-state index contributed by atoms with van der Waals surface area (Å²) in [5, 5.41) is 3.02. The smallest absolute Gasteiger partial charge is 0.226 e. The first-order valence-electron chi connectivity index (χ1n) is 8.77. The Labute approximate surface area is 151 Å². The number of fused-ring (bicyclic) bond motifs is 1. The number of hydrogen-bond acceptors (Lipinski definition) is 2. The van der Waals surface area contributed by atoms with Gasteiger partial charge in [-0.2, -0.15) is 0 Å². The molecule has 0 aliphatic rings. The topological polar surface area (TPSA) is 62.6 Å². The predicted octanol–water partition coefficient (Wildman–Crippen LogP) is 4.01. The van der Waals surface area contributed by atoms with Gasteiger partial charge in [-0.25, -0.2) is 0 Å². The van der Waals surface area contributed by atoms with Crippen LogP contribution >= 0.6 is 0 Å². The van der Waals surface area contributed by atoms with E-state index < -0.39 is 0 Å². The van der Waals surface area contributed by atoms with Crippen LogP contribution < -0.4 is 5.32 Å². The number of rotatable bonds is 6. The van der Waals surface area contributed by atoms with Gasteiger partial charge in [-0.1, -0.05) is 48.5 Å². The van der Waals surface area contributed by atoms with Crippen molar-refractivity contribution in [2.75, 3.05) is 0 Å². The lowest BCUT2D eigenvalue weighted by molar-refractivity contribution is -0.719. The van der Waals surface area contributed by atoms with Gasteiger partial charge in [-0.3, -0.25) is 4.79 Å². The summed E-state index contributed by atoms with van der Waals surface area (Å²) in [7, 11) is 0. The van der Waals surface area contributed by atoms with Crippen molar-refractivity contribution in [3.05, 3.63) is 96.1 Å². The first-order valence-corrected chi connectivity index (χ1v) is 8.77. The van der Waals surface area contributed by atoms with E-state index >= 15 is 0 Å². The number of H-pyrrole nitrogens is 1. The SMILES string of the molecule is C[C@H]([NH2+][C@@H](C(=O)c1c[nH]c2ccccc12)c1ccccc1)c1ccco1. The lowest BCUT2D eigenvalue weighted by Crippen LogP contribution is -2.87. The number of furan rings is 1. The number of Topliss-reactive ketones (excluding diaryl/α,β-unsaturated/α-hetero) is 1. The van der Waals surface area contributed by atoms with Crippen molar-refractivity contribution in [2.45, 2.75) is 19.0 Å². The zero-order chi connectivity index (χ0) is 17.9. The molecule has 26 heavy (non-hydrogen) atoms. The quantitative estimate of drug-likeness (QED) is 0.519. The highest BCUT2D eigenvalue weighted by Crippen LogP contribution is 2.23. The monoisotopic (exact) mass is 345 g/mol. The Bertz CT molecular complexity index is 1000. The summed E-state index contributed by atoms with van der Waals surface area (Å²) in [5.41, 5.74) is 2.68. The lowest BCUT2D eigenvalue weighted by Gasteiger charge is -2.18. The molecule has 4 aromatic rings. The molecule has 0 aliphatic heterocycles. The fourth-order valence-corrected chi connectivity index (χ4v) is 3.39. The molecule has 0 radical (unpaired) electrons. The van der Waals surface area contributed by atoms with E-state index in [1.807, 2.05) is 72.9 Å². The molecule has 2 aromatic heterocycles. The van der Waals surface area contributed by atoms with Crippen LogP contribution in [0.15, 0.2) is 83.6 Å². The van der Waals surface area contributed by atoms with Crippen molar-refractivity contribution in [2.24, 2.45) is 0 Å².